The lowest BCUT2D eigenvalue weighted by molar-refractivity contribution is 0.0438. The predicted octanol–water partition coefficient (Wildman–Crippen LogP) is 2.36. The van der Waals surface area contributed by atoms with E-state index in [-0.39, 0.29) is 0 Å². The van der Waals surface area contributed by atoms with Crippen LogP contribution < -0.4 is 5.32 Å². The number of piperazine rings is 1. The SMILES string of the molecule is CCC1(CC)CNCCN1Cc1cn2ccsc2n1. The third-order valence-corrected chi connectivity index (χ3v) is 5.27. The van der Waals surface area contributed by atoms with Gasteiger partial charge < -0.3 is 5.32 Å². The van der Waals surface area contributed by atoms with Gasteiger partial charge >= 0.3 is 0 Å². The van der Waals surface area contributed by atoms with Gasteiger partial charge in [-0.05, 0) is 12.8 Å². The van der Waals surface area contributed by atoms with Crippen molar-refractivity contribution in [2.75, 3.05) is 19.6 Å². The summed E-state index contributed by atoms with van der Waals surface area (Å²) in [7, 11) is 0. The van der Waals surface area contributed by atoms with E-state index in [0.717, 1.165) is 31.1 Å². The maximum atomic E-state index is 4.72. The fraction of sp³-hybridized carbons (Fsp3) is 0.643. The summed E-state index contributed by atoms with van der Waals surface area (Å²) in [6.07, 6.45) is 6.64. The van der Waals surface area contributed by atoms with Gasteiger partial charge in [-0.3, -0.25) is 9.30 Å². The van der Waals surface area contributed by atoms with Gasteiger partial charge in [-0.25, -0.2) is 4.98 Å². The van der Waals surface area contributed by atoms with Crippen LogP contribution in [0.5, 0.6) is 0 Å². The zero-order valence-electron chi connectivity index (χ0n) is 11.7. The van der Waals surface area contributed by atoms with Crippen molar-refractivity contribution in [1.82, 2.24) is 19.6 Å². The summed E-state index contributed by atoms with van der Waals surface area (Å²) in [5.74, 6) is 0. The highest BCUT2D eigenvalue weighted by atomic mass is 32.1. The van der Waals surface area contributed by atoms with Crippen molar-refractivity contribution in [3.05, 3.63) is 23.5 Å². The van der Waals surface area contributed by atoms with Crippen molar-refractivity contribution in [1.29, 1.82) is 0 Å². The highest BCUT2D eigenvalue weighted by Crippen LogP contribution is 2.27. The topological polar surface area (TPSA) is 32.6 Å². The van der Waals surface area contributed by atoms with Gasteiger partial charge in [0, 0.05) is 49.5 Å². The number of imidazole rings is 1. The lowest BCUT2D eigenvalue weighted by atomic mass is 9.88. The van der Waals surface area contributed by atoms with E-state index in [1.54, 1.807) is 11.3 Å². The Morgan fingerprint density at radius 2 is 2.26 bits per heavy atom. The number of fused-ring (bicyclic) bond motifs is 1. The molecular weight excluding hydrogens is 256 g/mol. The summed E-state index contributed by atoms with van der Waals surface area (Å²) in [6.45, 7) is 8.88. The minimum absolute atomic E-state index is 0.301. The van der Waals surface area contributed by atoms with Gasteiger partial charge in [-0.15, -0.1) is 11.3 Å². The first-order valence-electron chi connectivity index (χ1n) is 7.14. The number of hydrogen-bond donors (Lipinski definition) is 1. The number of nitrogens with one attached hydrogen (secondary N) is 1. The maximum Gasteiger partial charge on any atom is 0.193 e. The molecule has 19 heavy (non-hydrogen) atoms. The van der Waals surface area contributed by atoms with Crippen molar-refractivity contribution in [2.24, 2.45) is 0 Å². The molecule has 2 aromatic rings. The highest BCUT2D eigenvalue weighted by molar-refractivity contribution is 7.15. The average molecular weight is 278 g/mol. The highest BCUT2D eigenvalue weighted by Gasteiger charge is 2.35. The van der Waals surface area contributed by atoms with E-state index in [4.69, 9.17) is 4.98 Å². The normalized spacial score (nSPS) is 20.1. The smallest absolute Gasteiger partial charge is 0.193 e. The average Bonchev–Trinajstić information content (AvgIpc) is 3.00. The Hall–Kier alpha value is -0.910. The summed E-state index contributed by atoms with van der Waals surface area (Å²) in [6, 6.07) is 0. The first kappa shape index (κ1) is 13.1. The number of rotatable bonds is 4. The van der Waals surface area contributed by atoms with Gasteiger partial charge in [0.15, 0.2) is 4.96 Å². The number of nitrogens with zero attached hydrogens (tertiary/aromatic N) is 3. The Morgan fingerprint density at radius 3 is 3.00 bits per heavy atom. The van der Waals surface area contributed by atoms with Crippen LogP contribution in [0.1, 0.15) is 32.4 Å². The molecule has 2 aromatic heterocycles. The van der Waals surface area contributed by atoms with E-state index < -0.39 is 0 Å². The van der Waals surface area contributed by atoms with E-state index in [0.29, 0.717) is 5.54 Å². The standard InChI is InChI=1S/C14H22N4S/c1-3-14(4-2)11-15-5-6-18(14)10-12-9-17-7-8-19-13(17)16-12/h7-9,15H,3-6,10-11H2,1-2H3. The molecule has 1 aliphatic heterocycles. The van der Waals surface area contributed by atoms with Crippen LogP contribution in [0.4, 0.5) is 0 Å². The van der Waals surface area contributed by atoms with Crippen molar-refractivity contribution < 1.29 is 0 Å². The number of hydrogen-bond acceptors (Lipinski definition) is 4. The molecule has 1 fully saturated rings. The molecule has 0 radical (unpaired) electrons. The van der Waals surface area contributed by atoms with Crippen LogP contribution in [0.15, 0.2) is 17.8 Å². The van der Waals surface area contributed by atoms with Gasteiger partial charge in [0.1, 0.15) is 0 Å². The lowest BCUT2D eigenvalue weighted by Gasteiger charge is -2.46. The quantitative estimate of drug-likeness (QED) is 0.932. The molecule has 0 unspecified atom stereocenters. The number of thiazole rings is 1. The minimum atomic E-state index is 0.301. The molecule has 0 aromatic carbocycles. The second-order valence-corrected chi connectivity index (χ2v) is 6.23. The predicted molar refractivity (Wildman–Crippen MR) is 79.7 cm³/mol. The summed E-state index contributed by atoms with van der Waals surface area (Å²) >= 11 is 1.70. The van der Waals surface area contributed by atoms with Crippen LogP contribution in [0, 0.1) is 0 Å². The second-order valence-electron chi connectivity index (χ2n) is 5.35. The second kappa shape index (κ2) is 5.23. The van der Waals surface area contributed by atoms with E-state index in [2.05, 4.69) is 46.2 Å². The molecule has 0 saturated carbocycles. The Labute approximate surface area is 118 Å². The molecule has 0 aliphatic carbocycles. The zero-order valence-corrected chi connectivity index (χ0v) is 12.5. The summed E-state index contributed by atoms with van der Waals surface area (Å²) in [4.78, 5) is 8.44. The fourth-order valence-electron chi connectivity index (χ4n) is 3.13. The summed E-state index contributed by atoms with van der Waals surface area (Å²) in [5, 5.41) is 5.63. The fourth-order valence-corrected chi connectivity index (χ4v) is 3.84. The molecule has 4 nitrogen and oxygen atoms in total. The third-order valence-electron chi connectivity index (χ3n) is 4.50. The molecule has 0 atom stereocenters. The molecule has 1 aliphatic rings. The molecular formula is C14H22N4S. The van der Waals surface area contributed by atoms with E-state index in [1.807, 2.05) is 0 Å². The first-order chi connectivity index (χ1) is 9.27. The first-order valence-corrected chi connectivity index (χ1v) is 8.02. The van der Waals surface area contributed by atoms with Gasteiger partial charge in [-0.1, -0.05) is 13.8 Å². The van der Waals surface area contributed by atoms with Crippen molar-refractivity contribution >= 4 is 16.3 Å². The van der Waals surface area contributed by atoms with E-state index >= 15 is 0 Å². The Kier molecular flexibility index (Phi) is 3.60. The van der Waals surface area contributed by atoms with Gasteiger partial charge in [0.2, 0.25) is 0 Å². The van der Waals surface area contributed by atoms with Crippen molar-refractivity contribution in [2.45, 2.75) is 38.8 Å². The Morgan fingerprint density at radius 1 is 1.42 bits per heavy atom. The van der Waals surface area contributed by atoms with Crippen molar-refractivity contribution in [3.63, 3.8) is 0 Å². The van der Waals surface area contributed by atoms with Crippen LogP contribution in [-0.4, -0.2) is 39.5 Å². The van der Waals surface area contributed by atoms with E-state index in [9.17, 15) is 0 Å². The molecule has 1 N–H and O–H groups in total. The van der Waals surface area contributed by atoms with Crippen LogP contribution in [-0.2, 0) is 6.54 Å². The molecule has 104 valence electrons. The van der Waals surface area contributed by atoms with Crippen molar-refractivity contribution in [3.8, 4) is 0 Å². The third kappa shape index (κ3) is 2.30. The molecule has 0 amide bonds. The summed E-state index contributed by atoms with van der Waals surface area (Å²) in [5.41, 5.74) is 1.50. The van der Waals surface area contributed by atoms with E-state index in [1.165, 1.54) is 18.5 Å². The molecule has 3 rings (SSSR count). The Bertz CT molecular complexity index is 512. The summed E-state index contributed by atoms with van der Waals surface area (Å²) < 4.78 is 2.13. The van der Waals surface area contributed by atoms with Crippen LogP contribution in [0.3, 0.4) is 0 Å². The molecule has 0 spiro atoms. The van der Waals surface area contributed by atoms with Crippen LogP contribution >= 0.6 is 11.3 Å². The molecule has 5 heteroatoms. The van der Waals surface area contributed by atoms with Gasteiger partial charge in [0.25, 0.3) is 0 Å². The Balaban J connectivity index is 1.81. The molecule has 3 heterocycles. The maximum absolute atomic E-state index is 4.72. The minimum Gasteiger partial charge on any atom is -0.314 e. The van der Waals surface area contributed by atoms with Crippen LogP contribution in [0.25, 0.3) is 4.96 Å². The molecule has 0 bridgehead atoms. The van der Waals surface area contributed by atoms with Gasteiger partial charge in [0.05, 0.1) is 5.69 Å². The monoisotopic (exact) mass is 278 g/mol. The number of aromatic nitrogens is 2. The largest absolute Gasteiger partial charge is 0.314 e. The van der Waals surface area contributed by atoms with Gasteiger partial charge in [-0.2, -0.15) is 0 Å². The lowest BCUT2D eigenvalue weighted by Crippen LogP contribution is -2.60. The van der Waals surface area contributed by atoms with Crippen LogP contribution in [0.2, 0.25) is 0 Å². The molecule has 1 saturated heterocycles. The zero-order chi connectivity index (χ0) is 13.3.